The summed E-state index contributed by atoms with van der Waals surface area (Å²) >= 11 is 0. The number of rotatable bonds is 3. The molecule has 19 heavy (non-hydrogen) atoms. The van der Waals surface area contributed by atoms with Crippen LogP contribution >= 0.6 is 0 Å². The van der Waals surface area contributed by atoms with E-state index >= 15 is 0 Å². The van der Waals surface area contributed by atoms with Crippen molar-refractivity contribution in [3.63, 3.8) is 0 Å². The lowest BCUT2D eigenvalue weighted by molar-refractivity contribution is 0.174. The monoisotopic (exact) mass is 257 g/mol. The van der Waals surface area contributed by atoms with Gasteiger partial charge in [-0.1, -0.05) is 6.07 Å². The summed E-state index contributed by atoms with van der Waals surface area (Å²) in [6, 6.07) is 5.91. The van der Waals surface area contributed by atoms with Gasteiger partial charge in [0.2, 0.25) is 6.79 Å². The standard InChI is InChI=1S/C14H15N3O2/c1-9-10(2)17-14(7-15-9)16-6-11-3-4-12-13(5-11)19-8-18-12/h3-5,7H,6,8H2,1-2H3,(H,16,17). The minimum Gasteiger partial charge on any atom is -0.454 e. The van der Waals surface area contributed by atoms with E-state index in [4.69, 9.17) is 9.47 Å². The lowest BCUT2D eigenvalue weighted by Gasteiger charge is -2.07. The molecule has 3 rings (SSSR count). The van der Waals surface area contributed by atoms with Gasteiger partial charge in [0, 0.05) is 6.54 Å². The van der Waals surface area contributed by atoms with Crippen LogP contribution in [0.1, 0.15) is 17.0 Å². The molecule has 0 radical (unpaired) electrons. The molecule has 0 atom stereocenters. The predicted octanol–water partition coefficient (Wildman–Crippen LogP) is 2.43. The van der Waals surface area contributed by atoms with Gasteiger partial charge in [0.05, 0.1) is 17.6 Å². The number of fused-ring (bicyclic) bond motifs is 1. The summed E-state index contributed by atoms with van der Waals surface area (Å²) in [5, 5.41) is 3.25. The average Bonchev–Trinajstić information content (AvgIpc) is 2.87. The molecule has 1 aromatic carbocycles. The first kappa shape index (κ1) is 11.8. The van der Waals surface area contributed by atoms with Crippen LogP contribution in [0.4, 0.5) is 5.82 Å². The normalized spacial score (nSPS) is 12.5. The Morgan fingerprint density at radius 1 is 1.16 bits per heavy atom. The Bertz CT molecular complexity index is 614. The Morgan fingerprint density at radius 2 is 2.00 bits per heavy atom. The highest BCUT2D eigenvalue weighted by atomic mass is 16.7. The van der Waals surface area contributed by atoms with Crippen molar-refractivity contribution in [3.8, 4) is 11.5 Å². The number of nitrogens with zero attached hydrogens (tertiary/aromatic N) is 2. The number of aryl methyl sites for hydroxylation is 2. The maximum absolute atomic E-state index is 5.35. The van der Waals surface area contributed by atoms with Gasteiger partial charge < -0.3 is 14.8 Å². The quantitative estimate of drug-likeness (QED) is 0.915. The van der Waals surface area contributed by atoms with Crippen molar-refractivity contribution in [2.45, 2.75) is 20.4 Å². The minimum absolute atomic E-state index is 0.300. The van der Waals surface area contributed by atoms with Gasteiger partial charge in [-0.3, -0.25) is 4.98 Å². The van der Waals surface area contributed by atoms with E-state index in [2.05, 4.69) is 15.3 Å². The molecule has 98 valence electrons. The van der Waals surface area contributed by atoms with Crippen LogP contribution in [0.15, 0.2) is 24.4 Å². The van der Waals surface area contributed by atoms with Crippen LogP contribution in [0.5, 0.6) is 11.5 Å². The number of ether oxygens (including phenoxy) is 2. The molecule has 1 aliphatic heterocycles. The first-order valence-corrected chi connectivity index (χ1v) is 6.15. The Balaban J connectivity index is 1.70. The first-order chi connectivity index (χ1) is 9.22. The van der Waals surface area contributed by atoms with Crippen LogP contribution in [-0.4, -0.2) is 16.8 Å². The summed E-state index contributed by atoms with van der Waals surface area (Å²) in [6.45, 7) is 4.88. The molecule has 2 aromatic rings. The third-order valence-electron chi connectivity index (χ3n) is 3.10. The van der Waals surface area contributed by atoms with E-state index in [-0.39, 0.29) is 0 Å². The van der Waals surface area contributed by atoms with E-state index in [9.17, 15) is 0 Å². The molecule has 0 amide bonds. The van der Waals surface area contributed by atoms with Gasteiger partial charge in [0.25, 0.3) is 0 Å². The highest BCUT2D eigenvalue weighted by Crippen LogP contribution is 2.32. The highest BCUT2D eigenvalue weighted by molar-refractivity contribution is 5.45. The van der Waals surface area contributed by atoms with Crippen LogP contribution in [-0.2, 0) is 6.54 Å². The maximum atomic E-state index is 5.35. The van der Waals surface area contributed by atoms with Crippen molar-refractivity contribution < 1.29 is 9.47 Å². The smallest absolute Gasteiger partial charge is 0.231 e. The maximum Gasteiger partial charge on any atom is 0.231 e. The van der Waals surface area contributed by atoms with Gasteiger partial charge in [-0.15, -0.1) is 0 Å². The van der Waals surface area contributed by atoms with Gasteiger partial charge in [0.15, 0.2) is 11.5 Å². The van der Waals surface area contributed by atoms with Crippen molar-refractivity contribution in [2.75, 3.05) is 12.1 Å². The topological polar surface area (TPSA) is 56.3 Å². The fourth-order valence-electron chi connectivity index (χ4n) is 1.87. The highest BCUT2D eigenvalue weighted by Gasteiger charge is 2.12. The Morgan fingerprint density at radius 3 is 2.84 bits per heavy atom. The third kappa shape index (κ3) is 2.45. The zero-order chi connectivity index (χ0) is 13.2. The Labute approximate surface area is 111 Å². The number of hydrogen-bond acceptors (Lipinski definition) is 5. The fourth-order valence-corrected chi connectivity index (χ4v) is 1.87. The molecule has 0 saturated heterocycles. The molecular weight excluding hydrogens is 242 g/mol. The van der Waals surface area contributed by atoms with Crippen molar-refractivity contribution in [1.82, 2.24) is 9.97 Å². The summed E-state index contributed by atoms with van der Waals surface area (Å²) in [4.78, 5) is 8.71. The first-order valence-electron chi connectivity index (χ1n) is 6.15. The van der Waals surface area contributed by atoms with E-state index in [1.165, 1.54) is 0 Å². The van der Waals surface area contributed by atoms with Gasteiger partial charge in [0.1, 0.15) is 5.82 Å². The molecule has 2 heterocycles. The van der Waals surface area contributed by atoms with Crippen LogP contribution in [0.2, 0.25) is 0 Å². The van der Waals surface area contributed by atoms with Gasteiger partial charge in [-0.25, -0.2) is 4.98 Å². The minimum atomic E-state index is 0.300. The molecule has 1 N–H and O–H groups in total. The van der Waals surface area contributed by atoms with E-state index in [1.807, 2.05) is 32.0 Å². The zero-order valence-electron chi connectivity index (χ0n) is 10.9. The molecule has 0 aliphatic carbocycles. The lowest BCUT2D eigenvalue weighted by atomic mass is 10.2. The lowest BCUT2D eigenvalue weighted by Crippen LogP contribution is -2.03. The molecular formula is C14H15N3O2. The van der Waals surface area contributed by atoms with Crippen molar-refractivity contribution in [3.05, 3.63) is 41.3 Å². The van der Waals surface area contributed by atoms with E-state index < -0.39 is 0 Å². The van der Waals surface area contributed by atoms with E-state index in [1.54, 1.807) is 6.20 Å². The SMILES string of the molecule is Cc1ncc(NCc2ccc3c(c2)OCO3)nc1C. The molecule has 1 aromatic heterocycles. The summed E-state index contributed by atoms with van der Waals surface area (Å²) in [5.74, 6) is 2.38. The summed E-state index contributed by atoms with van der Waals surface area (Å²) in [7, 11) is 0. The molecule has 5 heteroatoms. The number of nitrogens with one attached hydrogen (secondary N) is 1. The summed E-state index contributed by atoms with van der Waals surface area (Å²) in [5.41, 5.74) is 3.01. The summed E-state index contributed by atoms with van der Waals surface area (Å²) in [6.07, 6.45) is 1.75. The number of benzene rings is 1. The molecule has 0 unspecified atom stereocenters. The van der Waals surface area contributed by atoms with Gasteiger partial charge >= 0.3 is 0 Å². The second-order valence-corrected chi connectivity index (χ2v) is 4.47. The van der Waals surface area contributed by atoms with Crippen LogP contribution in [0.3, 0.4) is 0 Å². The molecule has 5 nitrogen and oxygen atoms in total. The fraction of sp³-hybridized carbons (Fsp3) is 0.286. The number of aromatic nitrogens is 2. The number of hydrogen-bond donors (Lipinski definition) is 1. The Hall–Kier alpha value is -2.30. The second-order valence-electron chi connectivity index (χ2n) is 4.47. The average molecular weight is 257 g/mol. The molecule has 1 aliphatic rings. The third-order valence-corrected chi connectivity index (χ3v) is 3.10. The summed E-state index contributed by atoms with van der Waals surface area (Å²) < 4.78 is 10.6. The van der Waals surface area contributed by atoms with Crippen molar-refractivity contribution in [1.29, 1.82) is 0 Å². The van der Waals surface area contributed by atoms with E-state index in [0.717, 1.165) is 34.3 Å². The largest absolute Gasteiger partial charge is 0.454 e. The van der Waals surface area contributed by atoms with Crippen LogP contribution < -0.4 is 14.8 Å². The van der Waals surface area contributed by atoms with Crippen LogP contribution in [0, 0.1) is 13.8 Å². The van der Waals surface area contributed by atoms with E-state index in [0.29, 0.717) is 13.3 Å². The van der Waals surface area contributed by atoms with Gasteiger partial charge in [-0.2, -0.15) is 0 Å². The molecule has 0 fully saturated rings. The Kier molecular flexibility index (Phi) is 2.95. The van der Waals surface area contributed by atoms with Crippen molar-refractivity contribution >= 4 is 5.82 Å². The molecule has 0 spiro atoms. The van der Waals surface area contributed by atoms with Crippen molar-refractivity contribution in [2.24, 2.45) is 0 Å². The molecule has 0 bridgehead atoms. The number of anilines is 1. The predicted molar refractivity (Wildman–Crippen MR) is 71.4 cm³/mol. The molecule has 0 saturated carbocycles. The van der Waals surface area contributed by atoms with Gasteiger partial charge in [-0.05, 0) is 31.5 Å². The van der Waals surface area contributed by atoms with Crippen LogP contribution in [0.25, 0.3) is 0 Å². The zero-order valence-corrected chi connectivity index (χ0v) is 10.9. The second kappa shape index (κ2) is 4.76.